The van der Waals surface area contributed by atoms with Crippen LogP contribution in [0.5, 0.6) is 0 Å². The van der Waals surface area contributed by atoms with E-state index in [1.165, 1.54) is 0 Å². The first-order valence-electron chi connectivity index (χ1n) is 6.13. The Morgan fingerprint density at radius 1 is 1.35 bits per heavy atom. The van der Waals surface area contributed by atoms with Gasteiger partial charge in [0.05, 0.1) is 6.10 Å². The molecule has 3 heteroatoms. The highest BCUT2D eigenvalue weighted by atomic mass is 16.3. The summed E-state index contributed by atoms with van der Waals surface area (Å²) < 4.78 is 0. The summed E-state index contributed by atoms with van der Waals surface area (Å²) >= 11 is 0. The van der Waals surface area contributed by atoms with Gasteiger partial charge >= 0.3 is 0 Å². The topological polar surface area (TPSA) is 49.5 Å². The third-order valence-corrected chi connectivity index (χ3v) is 3.02. The van der Waals surface area contributed by atoms with Crippen LogP contribution in [0.15, 0.2) is 24.3 Å². The molecule has 0 saturated carbocycles. The van der Waals surface area contributed by atoms with Gasteiger partial charge in [-0.15, -0.1) is 0 Å². The highest BCUT2D eigenvalue weighted by molar-refractivity contribution is 5.41. The number of β-amino-alcohol motifs (C(OH)–C–C–N with tert-alkyl or cyclic N) is 1. The molecule has 0 fully saturated rings. The van der Waals surface area contributed by atoms with Crippen LogP contribution < -0.4 is 5.73 Å². The van der Waals surface area contributed by atoms with Gasteiger partial charge in [0.15, 0.2) is 0 Å². The Morgan fingerprint density at radius 3 is 2.47 bits per heavy atom. The van der Waals surface area contributed by atoms with Crippen molar-refractivity contribution < 1.29 is 5.11 Å². The largest absolute Gasteiger partial charge is 0.399 e. The van der Waals surface area contributed by atoms with Crippen molar-refractivity contribution in [2.75, 3.05) is 18.8 Å². The average molecular weight is 236 g/mol. The number of benzene rings is 1. The minimum atomic E-state index is -0.488. The number of rotatable bonds is 4. The molecule has 1 rings (SSSR count). The molecule has 1 atom stereocenters. The number of hydrogen-bond donors (Lipinski definition) is 2. The van der Waals surface area contributed by atoms with Gasteiger partial charge in [-0.1, -0.05) is 19.1 Å². The quantitative estimate of drug-likeness (QED) is 0.789. The second-order valence-electron chi connectivity index (χ2n) is 5.40. The predicted octanol–water partition coefficient (Wildman–Crippen LogP) is 2.42. The summed E-state index contributed by atoms with van der Waals surface area (Å²) in [7, 11) is 0. The molecule has 96 valence electrons. The number of nitrogens with zero attached hydrogens (tertiary/aromatic N) is 1. The van der Waals surface area contributed by atoms with Crippen LogP contribution in [0, 0.1) is 0 Å². The number of hydrogen-bond acceptors (Lipinski definition) is 3. The summed E-state index contributed by atoms with van der Waals surface area (Å²) in [5, 5.41) is 10.2. The molecule has 3 nitrogen and oxygen atoms in total. The van der Waals surface area contributed by atoms with Gasteiger partial charge in [-0.2, -0.15) is 0 Å². The maximum atomic E-state index is 10.2. The molecule has 0 amide bonds. The fourth-order valence-electron chi connectivity index (χ4n) is 1.96. The average Bonchev–Trinajstić information content (AvgIpc) is 2.23. The van der Waals surface area contributed by atoms with Crippen LogP contribution in [0.4, 0.5) is 5.69 Å². The molecule has 0 aliphatic rings. The summed E-state index contributed by atoms with van der Waals surface area (Å²) in [4.78, 5) is 2.25. The van der Waals surface area contributed by atoms with E-state index in [0.29, 0.717) is 12.2 Å². The van der Waals surface area contributed by atoms with Gasteiger partial charge in [0.1, 0.15) is 0 Å². The monoisotopic (exact) mass is 236 g/mol. The van der Waals surface area contributed by atoms with E-state index in [0.717, 1.165) is 12.1 Å². The smallest absolute Gasteiger partial charge is 0.0917 e. The van der Waals surface area contributed by atoms with Crippen molar-refractivity contribution in [2.24, 2.45) is 0 Å². The van der Waals surface area contributed by atoms with Gasteiger partial charge in [-0.3, -0.25) is 4.90 Å². The maximum Gasteiger partial charge on any atom is 0.0917 e. The summed E-state index contributed by atoms with van der Waals surface area (Å²) in [6, 6.07) is 7.46. The van der Waals surface area contributed by atoms with Gasteiger partial charge in [-0.25, -0.2) is 0 Å². The third kappa shape index (κ3) is 4.02. The Hall–Kier alpha value is -1.06. The van der Waals surface area contributed by atoms with Crippen molar-refractivity contribution in [2.45, 2.75) is 39.3 Å². The zero-order valence-electron chi connectivity index (χ0n) is 11.3. The summed E-state index contributed by atoms with van der Waals surface area (Å²) in [6.07, 6.45) is -0.488. The molecule has 0 radical (unpaired) electrons. The molecule has 0 heterocycles. The van der Waals surface area contributed by atoms with Crippen LogP contribution in [-0.4, -0.2) is 28.6 Å². The second kappa shape index (κ2) is 5.52. The SMILES string of the molecule is CCN(CC(O)c1cccc(N)c1)C(C)(C)C. The molecule has 0 aliphatic carbocycles. The molecule has 1 unspecified atom stereocenters. The van der Waals surface area contributed by atoms with Crippen LogP contribution in [-0.2, 0) is 0 Å². The first-order valence-corrected chi connectivity index (χ1v) is 6.13. The summed E-state index contributed by atoms with van der Waals surface area (Å²) in [6.45, 7) is 10.1. The van der Waals surface area contributed by atoms with Crippen LogP contribution in [0.1, 0.15) is 39.4 Å². The Kier molecular flexibility index (Phi) is 4.54. The molecule has 17 heavy (non-hydrogen) atoms. The lowest BCUT2D eigenvalue weighted by molar-refractivity contribution is 0.0626. The number of nitrogens with two attached hydrogens (primary N) is 1. The molecule has 3 N–H and O–H groups in total. The minimum absolute atomic E-state index is 0.0655. The van der Waals surface area contributed by atoms with Crippen molar-refractivity contribution in [3.8, 4) is 0 Å². The van der Waals surface area contributed by atoms with Crippen LogP contribution >= 0.6 is 0 Å². The normalized spacial score (nSPS) is 14.0. The maximum absolute atomic E-state index is 10.2. The van der Waals surface area contributed by atoms with Crippen molar-refractivity contribution in [3.63, 3.8) is 0 Å². The summed E-state index contributed by atoms with van der Waals surface area (Å²) in [5.41, 5.74) is 7.36. The zero-order valence-corrected chi connectivity index (χ0v) is 11.3. The molecule has 0 bridgehead atoms. The minimum Gasteiger partial charge on any atom is -0.399 e. The van der Waals surface area contributed by atoms with Crippen molar-refractivity contribution in [1.29, 1.82) is 0 Å². The highest BCUT2D eigenvalue weighted by Crippen LogP contribution is 2.21. The number of aliphatic hydroxyl groups is 1. The molecule has 0 spiro atoms. The van der Waals surface area contributed by atoms with Gasteiger partial charge in [0.25, 0.3) is 0 Å². The number of likely N-dealkylation sites (N-methyl/N-ethyl adjacent to an activating group) is 1. The lowest BCUT2D eigenvalue weighted by Gasteiger charge is -2.36. The fraction of sp³-hybridized carbons (Fsp3) is 0.571. The van der Waals surface area contributed by atoms with Gasteiger partial charge < -0.3 is 10.8 Å². The molecular weight excluding hydrogens is 212 g/mol. The third-order valence-electron chi connectivity index (χ3n) is 3.02. The van der Waals surface area contributed by atoms with Crippen LogP contribution in [0.2, 0.25) is 0 Å². The second-order valence-corrected chi connectivity index (χ2v) is 5.40. The fourth-order valence-corrected chi connectivity index (χ4v) is 1.96. The van der Waals surface area contributed by atoms with Gasteiger partial charge in [0, 0.05) is 17.8 Å². The van der Waals surface area contributed by atoms with E-state index in [9.17, 15) is 5.11 Å². The first-order chi connectivity index (χ1) is 7.84. The zero-order chi connectivity index (χ0) is 13.1. The van der Waals surface area contributed by atoms with Gasteiger partial charge in [0.2, 0.25) is 0 Å². The number of anilines is 1. The highest BCUT2D eigenvalue weighted by Gasteiger charge is 2.22. The lowest BCUT2D eigenvalue weighted by atomic mass is 10.0. The van der Waals surface area contributed by atoms with E-state index in [1.807, 2.05) is 24.3 Å². The Bertz CT molecular complexity index is 357. The number of aliphatic hydroxyl groups excluding tert-OH is 1. The van der Waals surface area contributed by atoms with E-state index in [-0.39, 0.29) is 5.54 Å². The molecule has 0 aliphatic heterocycles. The molecule has 1 aromatic carbocycles. The molecule has 0 saturated heterocycles. The van der Waals surface area contributed by atoms with Crippen molar-refractivity contribution in [3.05, 3.63) is 29.8 Å². The Morgan fingerprint density at radius 2 is 2.00 bits per heavy atom. The lowest BCUT2D eigenvalue weighted by Crippen LogP contribution is -2.43. The van der Waals surface area contributed by atoms with E-state index < -0.39 is 6.10 Å². The predicted molar refractivity (Wildman–Crippen MR) is 72.8 cm³/mol. The summed E-state index contributed by atoms with van der Waals surface area (Å²) in [5.74, 6) is 0. The Labute approximate surface area is 104 Å². The van der Waals surface area contributed by atoms with E-state index in [2.05, 4.69) is 32.6 Å². The van der Waals surface area contributed by atoms with Crippen molar-refractivity contribution >= 4 is 5.69 Å². The van der Waals surface area contributed by atoms with Gasteiger partial charge in [-0.05, 0) is 45.0 Å². The Balaban J connectivity index is 2.74. The van der Waals surface area contributed by atoms with Crippen molar-refractivity contribution in [1.82, 2.24) is 4.90 Å². The molecule has 1 aromatic rings. The molecule has 0 aromatic heterocycles. The first kappa shape index (κ1) is 14.0. The van der Waals surface area contributed by atoms with E-state index >= 15 is 0 Å². The van der Waals surface area contributed by atoms with E-state index in [1.54, 1.807) is 0 Å². The van der Waals surface area contributed by atoms with Crippen LogP contribution in [0.3, 0.4) is 0 Å². The standard InChI is InChI=1S/C14H24N2O/c1-5-16(14(2,3)4)10-13(17)11-7-6-8-12(15)9-11/h6-9,13,17H,5,10,15H2,1-4H3. The molecular formula is C14H24N2O. The van der Waals surface area contributed by atoms with Crippen LogP contribution in [0.25, 0.3) is 0 Å². The van der Waals surface area contributed by atoms with E-state index in [4.69, 9.17) is 5.73 Å². The number of nitrogen functional groups attached to an aromatic ring is 1.